The third-order valence-corrected chi connectivity index (χ3v) is 5.74. The van der Waals surface area contributed by atoms with Gasteiger partial charge in [0.2, 0.25) is 5.91 Å². The predicted octanol–water partition coefficient (Wildman–Crippen LogP) is 5.08. The van der Waals surface area contributed by atoms with Crippen LogP contribution in [0.3, 0.4) is 0 Å². The summed E-state index contributed by atoms with van der Waals surface area (Å²) >= 11 is 2.43. The molecule has 1 aliphatic carbocycles. The molecule has 1 N–H and O–H groups in total. The van der Waals surface area contributed by atoms with E-state index in [4.69, 9.17) is 0 Å². The van der Waals surface area contributed by atoms with Gasteiger partial charge in [-0.25, -0.2) is 0 Å². The Morgan fingerprint density at radius 2 is 1.54 bits per heavy atom. The molecular weight excluding hydrogens is 409 g/mol. The van der Waals surface area contributed by atoms with Gasteiger partial charge in [-0.05, 0) is 46.4 Å². The lowest BCUT2D eigenvalue weighted by atomic mass is 9.73. The van der Waals surface area contributed by atoms with E-state index < -0.39 is 5.41 Å². The van der Waals surface area contributed by atoms with E-state index in [0.717, 1.165) is 12.8 Å². The molecule has 0 unspecified atom stereocenters. The van der Waals surface area contributed by atoms with Crippen molar-refractivity contribution in [2.75, 3.05) is 11.0 Å². The Hall–Kier alpha value is -1.36. The second kappa shape index (κ2) is 7.68. The van der Waals surface area contributed by atoms with Crippen LogP contribution in [-0.2, 0) is 10.2 Å². The number of unbranched alkanes of at least 4 members (excludes halogenated alkanes) is 2. The molecule has 2 aromatic carbocycles. The van der Waals surface area contributed by atoms with Crippen molar-refractivity contribution in [3.63, 3.8) is 0 Å². The minimum Gasteiger partial charge on any atom is -0.355 e. The summed E-state index contributed by atoms with van der Waals surface area (Å²) in [6.07, 6.45) is 4.34. The van der Waals surface area contributed by atoms with Gasteiger partial charge in [0.25, 0.3) is 0 Å². The van der Waals surface area contributed by atoms with E-state index in [1.54, 1.807) is 0 Å². The molecule has 1 aliphatic rings. The number of rotatable bonds is 7. The maximum Gasteiger partial charge on any atom is 0.235 e. The first-order valence-electron chi connectivity index (χ1n) is 8.79. The Morgan fingerprint density at radius 1 is 0.958 bits per heavy atom. The molecule has 0 heterocycles. The maximum absolute atomic E-state index is 13.2. The Morgan fingerprint density at radius 3 is 2.08 bits per heavy atom. The van der Waals surface area contributed by atoms with Gasteiger partial charge in [-0.1, -0.05) is 84.0 Å². The Labute approximate surface area is 158 Å². The van der Waals surface area contributed by atoms with Gasteiger partial charge in [-0.2, -0.15) is 0 Å². The van der Waals surface area contributed by atoms with Crippen LogP contribution in [0.25, 0.3) is 11.1 Å². The fourth-order valence-electron chi connectivity index (χ4n) is 3.93. The second-order valence-electron chi connectivity index (χ2n) is 6.36. The summed E-state index contributed by atoms with van der Waals surface area (Å²) in [5.74, 6) is 0.150. The SMILES string of the molecule is CCNC(=O)C1(CCCCCI)c2ccccc2-c2ccccc21. The normalized spacial score (nSPS) is 14.1. The number of carbonyl (C=O) groups is 1. The minimum absolute atomic E-state index is 0.150. The average molecular weight is 433 g/mol. The summed E-state index contributed by atoms with van der Waals surface area (Å²) < 4.78 is 1.18. The van der Waals surface area contributed by atoms with E-state index >= 15 is 0 Å². The van der Waals surface area contributed by atoms with Crippen molar-refractivity contribution in [2.24, 2.45) is 0 Å². The van der Waals surface area contributed by atoms with Crippen LogP contribution < -0.4 is 5.32 Å². The molecule has 0 saturated heterocycles. The van der Waals surface area contributed by atoms with Gasteiger partial charge in [0.05, 0.1) is 0 Å². The molecule has 0 radical (unpaired) electrons. The van der Waals surface area contributed by atoms with E-state index in [9.17, 15) is 4.79 Å². The first-order valence-corrected chi connectivity index (χ1v) is 10.3. The summed E-state index contributed by atoms with van der Waals surface area (Å²) in [5, 5.41) is 3.11. The molecule has 0 bridgehead atoms. The molecule has 0 saturated carbocycles. The average Bonchev–Trinajstić information content (AvgIpc) is 2.91. The van der Waals surface area contributed by atoms with Gasteiger partial charge >= 0.3 is 0 Å². The lowest BCUT2D eigenvalue weighted by Gasteiger charge is -2.30. The smallest absolute Gasteiger partial charge is 0.235 e. The topological polar surface area (TPSA) is 29.1 Å². The summed E-state index contributed by atoms with van der Waals surface area (Å²) in [6, 6.07) is 16.8. The van der Waals surface area contributed by atoms with Crippen LogP contribution >= 0.6 is 22.6 Å². The predicted molar refractivity (Wildman–Crippen MR) is 109 cm³/mol. The molecule has 0 spiro atoms. The van der Waals surface area contributed by atoms with Crippen LogP contribution in [0, 0.1) is 0 Å². The van der Waals surface area contributed by atoms with E-state index in [1.165, 1.54) is 39.5 Å². The van der Waals surface area contributed by atoms with Crippen molar-refractivity contribution in [2.45, 2.75) is 38.0 Å². The van der Waals surface area contributed by atoms with Gasteiger partial charge in [-0.3, -0.25) is 4.79 Å². The third-order valence-electron chi connectivity index (χ3n) is 4.97. The molecule has 126 valence electrons. The minimum atomic E-state index is -0.533. The largest absolute Gasteiger partial charge is 0.355 e. The molecular formula is C21H24INO. The van der Waals surface area contributed by atoms with Crippen LogP contribution in [0.15, 0.2) is 48.5 Å². The number of hydrogen-bond donors (Lipinski definition) is 1. The highest BCUT2D eigenvalue weighted by Gasteiger charge is 2.48. The van der Waals surface area contributed by atoms with E-state index in [1.807, 2.05) is 6.92 Å². The molecule has 0 aliphatic heterocycles. The number of fused-ring (bicyclic) bond motifs is 3. The molecule has 24 heavy (non-hydrogen) atoms. The maximum atomic E-state index is 13.2. The van der Waals surface area contributed by atoms with Crippen molar-refractivity contribution >= 4 is 28.5 Å². The van der Waals surface area contributed by atoms with Gasteiger partial charge in [-0.15, -0.1) is 0 Å². The van der Waals surface area contributed by atoms with Gasteiger partial charge in [0.1, 0.15) is 5.41 Å². The zero-order chi connectivity index (χ0) is 17.0. The van der Waals surface area contributed by atoms with Gasteiger partial charge < -0.3 is 5.32 Å². The number of carbonyl (C=O) groups excluding carboxylic acids is 1. The lowest BCUT2D eigenvalue weighted by Crippen LogP contribution is -2.44. The lowest BCUT2D eigenvalue weighted by molar-refractivity contribution is -0.125. The summed E-state index contributed by atoms with van der Waals surface area (Å²) in [6.45, 7) is 2.66. The van der Waals surface area contributed by atoms with Crippen molar-refractivity contribution < 1.29 is 4.79 Å². The number of hydrogen-bond acceptors (Lipinski definition) is 1. The molecule has 1 amide bonds. The summed E-state index contributed by atoms with van der Waals surface area (Å²) in [4.78, 5) is 13.2. The molecule has 0 aromatic heterocycles. The van der Waals surface area contributed by atoms with Crippen molar-refractivity contribution in [1.29, 1.82) is 0 Å². The molecule has 0 atom stereocenters. The summed E-state index contributed by atoms with van der Waals surface area (Å²) in [5.41, 5.74) is 4.24. The highest BCUT2D eigenvalue weighted by molar-refractivity contribution is 14.1. The Balaban J connectivity index is 2.11. The van der Waals surface area contributed by atoms with Gasteiger partial charge in [0.15, 0.2) is 0 Å². The fraction of sp³-hybridized carbons (Fsp3) is 0.381. The number of halogens is 1. The standard InChI is InChI=1S/C21H24INO/c1-2-23-20(24)21(14-8-3-9-15-22)18-12-6-4-10-16(18)17-11-5-7-13-19(17)21/h4-7,10-13H,2-3,8-9,14-15H2,1H3,(H,23,24). The first kappa shape index (κ1) is 17.5. The Kier molecular flexibility index (Phi) is 5.59. The zero-order valence-electron chi connectivity index (χ0n) is 14.1. The van der Waals surface area contributed by atoms with Crippen molar-refractivity contribution in [3.05, 3.63) is 59.7 Å². The Bertz CT molecular complexity index is 680. The van der Waals surface area contributed by atoms with E-state index in [0.29, 0.717) is 6.54 Å². The molecule has 0 fully saturated rings. The van der Waals surface area contributed by atoms with Crippen LogP contribution in [-0.4, -0.2) is 16.9 Å². The van der Waals surface area contributed by atoms with Crippen molar-refractivity contribution in [1.82, 2.24) is 5.32 Å². The van der Waals surface area contributed by atoms with Crippen LogP contribution in [0.4, 0.5) is 0 Å². The number of alkyl halides is 1. The molecule has 3 heteroatoms. The fourth-order valence-corrected chi connectivity index (χ4v) is 4.47. The summed E-state index contributed by atoms with van der Waals surface area (Å²) in [7, 11) is 0. The van der Waals surface area contributed by atoms with Gasteiger partial charge in [0, 0.05) is 6.54 Å². The number of likely N-dealkylation sites (N-methyl/N-ethyl adjacent to an activating group) is 1. The number of benzene rings is 2. The van der Waals surface area contributed by atoms with E-state index in [2.05, 4.69) is 76.4 Å². The quantitative estimate of drug-likeness (QED) is 0.368. The van der Waals surface area contributed by atoms with Crippen molar-refractivity contribution in [3.8, 4) is 11.1 Å². The highest BCUT2D eigenvalue weighted by atomic mass is 127. The number of nitrogens with one attached hydrogen (secondary N) is 1. The van der Waals surface area contributed by atoms with Crippen LogP contribution in [0.1, 0.15) is 43.7 Å². The second-order valence-corrected chi connectivity index (χ2v) is 7.43. The zero-order valence-corrected chi connectivity index (χ0v) is 16.3. The van der Waals surface area contributed by atoms with Crippen LogP contribution in [0.5, 0.6) is 0 Å². The number of amides is 1. The third kappa shape index (κ3) is 2.87. The highest BCUT2D eigenvalue weighted by Crippen LogP contribution is 2.51. The monoisotopic (exact) mass is 433 g/mol. The molecule has 2 aromatic rings. The molecule has 2 nitrogen and oxygen atoms in total. The first-order chi connectivity index (χ1) is 11.8. The molecule has 3 rings (SSSR count). The van der Waals surface area contributed by atoms with Crippen LogP contribution in [0.2, 0.25) is 0 Å². The van der Waals surface area contributed by atoms with E-state index in [-0.39, 0.29) is 5.91 Å².